The molecule has 1 atom stereocenters. The number of hydrogen-bond donors (Lipinski definition) is 2. The Kier molecular flexibility index (Phi) is 7.46. The maximum Gasteiger partial charge on any atom is 0.174 e. The average molecular weight is 317 g/mol. The number of rotatable bonds is 8. The molecule has 3 N–H and O–H groups in total. The molecule has 0 aliphatic heterocycles. The molecule has 0 fully saturated rings. The zero-order valence-electron chi connectivity index (χ0n) is 10.9. The molecule has 0 saturated heterocycles. The topological polar surface area (TPSA) is 56.5 Å². The largest absolute Gasteiger partial charge is 0.351 e. The van der Waals surface area contributed by atoms with E-state index in [4.69, 9.17) is 15.3 Å². The minimum atomic E-state index is -0.336. The fourth-order valence-corrected chi connectivity index (χ4v) is 2.19. The molecular formula is C13H21BrN2O2. The van der Waals surface area contributed by atoms with Crippen molar-refractivity contribution in [1.82, 2.24) is 5.43 Å². The van der Waals surface area contributed by atoms with E-state index in [1.54, 1.807) is 0 Å². The first-order valence-electron chi connectivity index (χ1n) is 6.15. The van der Waals surface area contributed by atoms with E-state index < -0.39 is 0 Å². The zero-order valence-corrected chi connectivity index (χ0v) is 12.4. The summed E-state index contributed by atoms with van der Waals surface area (Å²) in [5.74, 6) is 5.61. The van der Waals surface area contributed by atoms with Gasteiger partial charge in [-0.15, -0.1) is 0 Å². The Labute approximate surface area is 117 Å². The van der Waals surface area contributed by atoms with Crippen molar-refractivity contribution in [3.05, 3.63) is 34.3 Å². The molecule has 0 aromatic heterocycles. The van der Waals surface area contributed by atoms with Crippen LogP contribution in [0.1, 0.15) is 19.4 Å². The molecule has 18 heavy (non-hydrogen) atoms. The Morgan fingerprint density at radius 1 is 1.22 bits per heavy atom. The third-order valence-corrected chi connectivity index (χ3v) is 3.38. The van der Waals surface area contributed by atoms with Gasteiger partial charge in [0.1, 0.15) is 0 Å². The van der Waals surface area contributed by atoms with Crippen molar-refractivity contribution in [2.75, 3.05) is 13.2 Å². The Bertz CT molecular complexity index is 344. The van der Waals surface area contributed by atoms with Gasteiger partial charge in [-0.25, -0.2) is 0 Å². The molecule has 0 aliphatic rings. The normalized spacial score (nSPS) is 12.9. The van der Waals surface area contributed by atoms with Crippen molar-refractivity contribution in [2.24, 2.45) is 5.84 Å². The number of benzene rings is 1. The number of nitrogens with two attached hydrogens (primary N) is 1. The third kappa shape index (κ3) is 4.66. The van der Waals surface area contributed by atoms with Crippen LogP contribution in [0.25, 0.3) is 0 Å². The van der Waals surface area contributed by atoms with E-state index in [0.717, 1.165) is 10.9 Å². The predicted octanol–water partition coefficient (Wildman–Crippen LogP) is 2.22. The van der Waals surface area contributed by atoms with Gasteiger partial charge in [0.15, 0.2) is 6.29 Å². The van der Waals surface area contributed by atoms with Crippen LogP contribution in [0.15, 0.2) is 28.7 Å². The fourth-order valence-electron chi connectivity index (χ4n) is 1.74. The van der Waals surface area contributed by atoms with Crippen LogP contribution in [0.4, 0.5) is 0 Å². The minimum absolute atomic E-state index is 0.0800. The van der Waals surface area contributed by atoms with E-state index in [1.165, 1.54) is 5.56 Å². The van der Waals surface area contributed by atoms with E-state index in [0.29, 0.717) is 13.2 Å². The maximum absolute atomic E-state index is 5.61. The number of nitrogens with one attached hydrogen (secondary N) is 1. The molecule has 1 aromatic rings. The average Bonchev–Trinajstić information content (AvgIpc) is 2.38. The SMILES string of the molecule is CCOC(OCC)C(Cc1ccccc1Br)NN. The van der Waals surface area contributed by atoms with Gasteiger partial charge >= 0.3 is 0 Å². The number of hydrazine groups is 1. The van der Waals surface area contributed by atoms with Gasteiger partial charge in [-0.2, -0.15) is 0 Å². The van der Waals surface area contributed by atoms with E-state index >= 15 is 0 Å². The summed E-state index contributed by atoms with van der Waals surface area (Å²) in [6.45, 7) is 5.08. The van der Waals surface area contributed by atoms with Crippen molar-refractivity contribution in [2.45, 2.75) is 32.6 Å². The lowest BCUT2D eigenvalue weighted by atomic mass is 10.1. The second-order valence-corrected chi connectivity index (χ2v) is 4.70. The van der Waals surface area contributed by atoms with Crippen LogP contribution >= 0.6 is 15.9 Å². The summed E-state index contributed by atoms with van der Waals surface area (Å²) in [5, 5.41) is 0. The summed E-state index contributed by atoms with van der Waals surface area (Å²) in [6.07, 6.45) is 0.403. The highest BCUT2D eigenvalue weighted by molar-refractivity contribution is 9.10. The highest BCUT2D eigenvalue weighted by atomic mass is 79.9. The first kappa shape index (κ1) is 15.6. The summed E-state index contributed by atoms with van der Waals surface area (Å²) < 4.78 is 12.2. The molecule has 1 aromatic carbocycles. The van der Waals surface area contributed by atoms with Gasteiger partial charge in [-0.05, 0) is 31.9 Å². The van der Waals surface area contributed by atoms with Gasteiger partial charge < -0.3 is 9.47 Å². The smallest absolute Gasteiger partial charge is 0.174 e. The van der Waals surface area contributed by atoms with E-state index in [2.05, 4.69) is 27.4 Å². The second-order valence-electron chi connectivity index (χ2n) is 3.85. The summed E-state index contributed by atoms with van der Waals surface area (Å²) in [4.78, 5) is 0. The molecule has 0 amide bonds. The Morgan fingerprint density at radius 2 is 1.83 bits per heavy atom. The molecule has 0 saturated carbocycles. The predicted molar refractivity (Wildman–Crippen MR) is 76.0 cm³/mol. The molecule has 0 spiro atoms. The van der Waals surface area contributed by atoms with Crippen molar-refractivity contribution < 1.29 is 9.47 Å². The third-order valence-electron chi connectivity index (χ3n) is 2.60. The van der Waals surface area contributed by atoms with E-state index in [1.807, 2.05) is 32.0 Å². The Balaban J connectivity index is 2.73. The van der Waals surface area contributed by atoms with Crippen LogP contribution < -0.4 is 11.3 Å². The van der Waals surface area contributed by atoms with E-state index in [-0.39, 0.29) is 12.3 Å². The molecule has 0 heterocycles. The molecule has 1 rings (SSSR count). The van der Waals surface area contributed by atoms with Crippen LogP contribution in [-0.2, 0) is 15.9 Å². The molecule has 1 unspecified atom stereocenters. The maximum atomic E-state index is 5.61. The molecule has 0 bridgehead atoms. The van der Waals surface area contributed by atoms with Gasteiger partial charge in [0, 0.05) is 17.7 Å². The quantitative estimate of drug-likeness (QED) is 0.438. The summed E-state index contributed by atoms with van der Waals surface area (Å²) in [6, 6.07) is 7.98. The van der Waals surface area contributed by atoms with Crippen LogP contribution in [-0.4, -0.2) is 25.5 Å². The lowest BCUT2D eigenvalue weighted by Crippen LogP contribution is -2.48. The molecule has 0 radical (unpaired) electrons. The van der Waals surface area contributed by atoms with Crippen LogP contribution in [0.2, 0.25) is 0 Å². The van der Waals surface area contributed by atoms with Crippen molar-refractivity contribution in [1.29, 1.82) is 0 Å². The lowest BCUT2D eigenvalue weighted by Gasteiger charge is -2.26. The van der Waals surface area contributed by atoms with Gasteiger partial charge in [-0.3, -0.25) is 11.3 Å². The minimum Gasteiger partial charge on any atom is -0.351 e. The van der Waals surface area contributed by atoms with Crippen molar-refractivity contribution in [3.8, 4) is 0 Å². The van der Waals surface area contributed by atoms with Gasteiger partial charge in [0.05, 0.1) is 6.04 Å². The van der Waals surface area contributed by atoms with Gasteiger partial charge in [0.25, 0.3) is 0 Å². The fraction of sp³-hybridized carbons (Fsp3) is 0.538. The van der Waals surface area contributed by atoms with Crippen LogP contribution in [0, 0.1) is 0 Å². The van der Waals surface area contributed by atoms with E-state index in [9.17, 15) is 0 Å². The Hall–Kier alpha value is -0.460. The molecule has 4 nitrogen and oxygen atoms in total. The lowest BCUT2D eigenvalue weighted by molar-refractivity contribution is -0.153. The Morgan fingerprint density at radius 3 is 2.33 bits per heavy atom. The molecule has 102 valence electrons. The first-order chi connectivity index (χ1) is 8.72. The molecule has 0 aliphatic carbocycles. The highest BCUT2D eigenvalue weighted by Crippen LogP contribution is 2.19. The molecular weight excluding hydrogens is 296 g/mol. The first-order valence-corrected chi connectivity index (χ1v) is 6.94. The monoisotopic (exact) mass is 316 g/mol. The van der Waals surface area contributed by atoms with Crippen molar-refractivity contribution in [3.63, 3.8) is 0 Å². The summed E-state index contributed by atoms with van der Waals surface area (Å²) in [5.41, 5.74) is 3.95. The highest BCUT2D eigenvalue weighted by Gasteiger charge is 2.22. The van der Waals surface area contributed by atoms with Gasteiger partial charge in [0.2, 0.25) is 0 Å². The summed E-state index contributed by atoms with van der Waals surface area (Å²) in [7, 11) is 0. The molecule has 5 heteroatoms. The second kappa shape index (κ2) is 8.61. The standard InChI is InChI=1S/C13H21BrN2O2/c1-3-17-13(18-4-2)12(16-15)9-10-7-5-6-8-11(10)14/h5-8,12-13,16H,3-4,9,15H2,1-2H3. The van der Waals surface area contributed by atoms with Crippen LogP contribution in [0.3, 0.4) is 0 Å². The summed E-state index contributed by atoms with van der Waals surface area (Å²) >= 11 is 3.53. The van der Waals surface area contributed by atoms with Crippen LogP contribution in [0.5, 0.6) is 0 Å². The van der Waals surface area contributed by atoms with Gasteiger partial charge in [-0.1, -0.05) is 34.1 Å². The number of ether oxygens (including phenoxy) is 2. The number of halogens is 1. The zero-order chi connectivity index (χ0) is 13.4. The van der Waals surface area contributed by atoms with Crippen molar-refractivity contribution >= 4 is 15.9 Å². The number of hydrogen-bond acceptors (Lipinski definition) is 4.